The molecule has 2 heterocycles. The Morgan fingerprint density at radius 1 is 1.65 bits per heavy atom. The summed E-state index contributed by atoms with van der Waals surface area (Å²) >= 11 is 0. The van der Waals surface area contributed by atoms with Gasteiger partial charge in [0.2, 0.25) is 0 Å². The van der Waals surface area contributed by atoms with Crippen LogP contribution in [0.1, 0.15) is 23.8 Å². The minimum Gasteiger partial charge on any atom is -0.411 e. The van der Waals surface area contributed by atoms with Crippen LogP contribution in [0.15, 0.2) is 17.7 Å². The van der Waals surface area contributed by atoms with Gasteiger partial charge in [0.05, 0.1) is 12.0 Å². The highest BCUT2D eigenvalue weighted by atomic mass is 16.4. The molecule has 1 atom stereocenters. The third kappa shape index (κ3) is 2.30. The maximum atomic E-state index is 12.1. The van der Waals surface area contributed by atoms with Crippen LogP contribution in [-0.4, -0.2) is 44.4 Å². The first-order valence-electron chi connectivity index (χ1n) is 5.60. The number of nitrogens with zero attached hydrogens (tertiary/aromatic N) is 4. The zero-order valence-electron chi connectivity index (χ0n) is 10.00. The van der Waals surface area contributed by atoms with Crippen molar-refractivity contribution in [2.45, 2.75) is 13.3 Å². The Labute approximate surface area is 99.5 Å². The topological polar surface area (TPSA) is 70.7 Å². The first kappa shape index (κ1) is 11.6. The highest BCUT2D eigenvalue weighted by molar-refractivity contribution is 5.94. The summed E-state index contributed by atoms with van der Waals surface area (Å²) in [4.78, 5) is 17.9. The smallest absolute Gasteiger partial charge is 0.274 e. The van der Waals surface area contributed by atoms with Crippen molar-refractivity contribution in [2.75, 3.05) is 13.1 Å². The van der Waals surface area contributed by atoms with E-state index in [1.165, 1.54) is 0 Å². The molecule has 1 fully saturated rings. The fraction of sp³-hybridized carbons (Fsp3) is 0.545. The largest absolute Gasteiger partial charge is 0.411 e. The molecule has 0 bridgehead atoms. The average molecular weight is 236 g/mol. The Balaban J connectivity index is 2.07. The lowest BCUT2D eigenvalue weighted by atomic mass is 9.97. The molecule has 1 aromatic heterocycles. The molecule has 17 heavy (non-hydrogen) atoms. The number of aryl methyl sites for hydroxylation is 1. The molecule has 1 unspecified atom stereocenters. The molecule has 1 amide bonds. The van der Waals surface area contributed by atoms with E-state index < -0.39 is 0 Å². The van der Waals surface area contributed by atoms with E-state index in [1.807, 2.05) is 14.0 Å². The van der Waals surface area contributed by atoms with Crippen LogP contribution in [0.3, 0.4) is 0 Å². The van der Waals surface area contributed by atoms with Gasteiger partial charge in [0.1, 0.15) is 5.69 Å². The number of imidazole rings is 1. The van der Waals surface area contributed by atoms with E-state index in [2.05, 4.69) is 10.1 Å². The molecule has 0 spiro atoms. The summed E-state index contributed by atoms with van der Waals surface area (Å²) in [6, 6.07) is 0. The lowest BCUT2D eigenvalue weighted by molar-refractivity contribution is 0.0728. The third-order valence-corrected chi connectivity index (χ3v) is 3.04. The van der Waals surface area contributed by atoms with Crippen molar-refractivity contribution in [3.8, 4) is 0 Å². The van der Waals surface area contributed by atoms with Crippen molar-refractivity contribution >= 4 is 11.6 Å². The summed E-state index contributed by atoms with van der Waals surface area (Å²) in [5.74, 6) is 0.0378. The molecular weight excluding hydrogens is 220 g/mol. The standard InChI is InChI=1S/C11H16N4O2/c1-8-5-15(4-3-9(8)13-17)11(16)10-6-14(2)7-12-10/h6-8,17H,3-5H2,1-2H3. The maximum absolute atomic E-state index is 12.1. The van der Waals surface area contributed by atoms with Crippen LogP contribution in [-0.2, 0) is 7.05 Å². The summed E-state index contributed by atoms with van der Waals surface area (Å²) in [5, 5.41) is 12.0. The second-order valence-corrected chi connectivity index (χ2v) is 4.42. The number of hydrogen-bond acceptors (Lipinski definition) is 4. The molecule has 0 saturated carbocycles. The van der Waals surface area contributed by atoms with Crippen LogP contribution in [0.25, 0.3) is 0 Å². The van der Waals surface area contributed by atoms with Crippen LogP contribution in [0.5, 0.6) is 0 Å². The van der Waals surface area contributed by atoms with E-state index in [1.54, 1.807) is 22.0 Å². The fourth-order valence-corrected chi connectivity index (χ4v) is 2.04. The number of likely N-dealkylation sites (tertiary alicyclic amines) is 1. The summed E-state index contributed by atoms with van der Waals surface area (Å²) in [7, 11) is 1.83. The molecule has 1 N–H and O–H groups in total. The number of oxime groups is 1. The molecule has 6 heteroatoms. The quantitative estimate of drug-likeness (QED) is 0.577. The maximum Gasteiger partial charge on any atom is 0.274 e. The lowest BCUT2D eigenvalue weighted by Crippen LogP contribution is -2.43. The monoisotopic (exact) mass is 236 g/mol. The molecule has 0 aromatic carbocycles. The number of aromatic nitrogens is 2. The van der Waals surface area contributed by atoms with Crippen LogP contribution in [0.2, 0.25) is 0 Å². The van der Waals surface area contributed by atoms with Crippen molar-refractivity contribution in [3.63, 3.8) is 0 Å². The highest BCUT2D eigenvalue weighted by Crippen LogP contribution is 2.15. The summed E-state index contributed by atoms with van der Waals surface area (Å²) in [6.45, 7) is 3.11. The molecule has 0 aliphatic carbocycles. The van der Waals surface area contributed by atoms with Crippen LogP contribution >= 0.6 is 0 Å². The van der Waals surface area contributed by atoms with E-state index in [0.717, 1.165) is 5.71 Å². The van der Waals surface area contributed by atoms with Gasteiger partial charge < -0.3 is 14.7 Å². The predicted molar refractivity (Wildman–Crippen MR) is 62.1 cm³/mol. The Morgan fingerprint density at radius 3 is 2.94 bits per heavy atom. The van der Waals surface area contributed by atoms with Gasteiger partial charge in [-0.25, -0.2) is 4.98 Å². The molecule has 1 aromatic rings. The normalized spacial score (nSPS) is 23.1. The third-order valence-electron chi connectivity index (χ3n) is 3.04. The van der Waals surface area contributed by atoms with Crippen LogP contribution in [0.4, 0.5) is 0 Å². The zero-order chi connectivity index (χ0) is 12.4. The second kappa shape index (κ2) is 4.57. The predicted octanol–water partition coefficient (Wildman–Crippen LogP) is 0.732. The van der Waals surface area contributed by atoms with Gasteiger partial charge in [0, 0.05) is 38.7 Å². The molecular formula is C11H16N4O2. The van der Waals surface area contributed by atoms with Gasteiger partial charge in [-0.2, -0.15) is 0 Å². The zero-order valence-corrected chi connectivity index (χ0v) is 10.00. The van der Waals surface area contributed by atoms with E-state index in [9.17, 15) is 4.79 Å². The van der Waals surface area contributed by atoms with Crippen molar-refractivity contribution < 1.29 is 10.0 Å². The first-order valence-corrected chi connectivity index (χ1v) is 5.60. The Morgan fingerprint density at radius 2 is 2.41 bits per heavy atom. The summed E-state index contributed by atoms with van der Waals surface area (Å²) in [5.41, 5.74) is 1.22. The van der Waals surface area contributed by atoms with E-state index in [0.29, 0.717) is 25.2 Å². The minimum atomic E-state index is -0.0607. The van der Waals surface area contributed by atoms with Crippen LogP contribution in [0, 0.1) is 5.92 Å². The van der Waals surface area contributed by atoms with E-state index in [4.69, 9.17) is 5.21 Å². The highest BCUT2D eigenvalue weighted by Gasteiger charge is 2.27. The Bertz CT molecular complexity index is 452. The molecule has 0 radical (unpaired) electrons. The number of amides is 1. The molecule has 92 valence electrons. The minimum absolute atomic E-state index is 0.0607. The van der Waals surface area contributed by atoms with Crippen molar-refractivity contribution in [2.24, 2.45) is 18.1 Å². The van der Waals surface area contributed by atoms with E-state index in [-0.39, 0.29) is 11.8 Å². The molecule has 1 saturated heterocycles. The van der Waals surface area contributed by atoms with Crippen molar-refractivity contribution in [3.05, 3.63) is 18.2 Å². The van der Waals surface area contributed by atoms with Gasteiger partial charge in [-0.1, -0.05) is 12.1 Å². The molecule has 1 aliphatic heterocycles. The fourth-order valence-electron chi connectivity index (χ4n) is 2.04. The second-order valence-electron chi connectivity index (χ2n) is 4.42. The van der Waals surface area contributed by atoms with Crippen molar-refractivity contribution in [1.82, 2.24) is 14.5 Å². The molecule has 2 rings (SSSR count). The number of rotatable bonds is 1. The Hall–Kier alpha value is -1.85. The number of carbonyl (C=O) groups excluding carboxylic acids is 1. The van der Waals surface area contributed by atoms with Gasteiger partial charge in [0.25, 0.3) is 5.91 Å². The van der Waals surface area contributed by atoms with E-state index >= 15 is 0 Å². The molecule has 1 aliphatic rings. The average Bonchev–Trinajstić information content (AvgIpc) is 2.75. The van der Waals surface area contributed by atoms with Gasteiger partial charge in [-0.05, 0) is 0 Å². The SMILES string of the molecule is CC1CN(C(=O)c2cn(C)cn2)CCC1=NO. The summed E-state index contributed by atoms with van der Waals surface area (Å²) < 4.78 is 1.75. The number of piperidine rings is 1. The lowest BCUT2D eigenvalue weighted by Gasteiger charge is -2.30. The van der Waals surface area contributed by atoms with Gasteiger partial charge in [-0.3, -0.25) is 4.79 Å². The molecule has 6 nitrogen and oxygen atoms in total. The van der Waals surface area contributed by atoms with Gasteiger partial charge >= 0.3 is 0 Å². The van der Waals surface area contributed by atoms with Gasteiger partial charge in [0.15, 0.2) is 0 Å². The number of carbonyl (C=O) groups is 1. The van der Waals surface area contributed by atoms with Crippen molar-refractivity contribution in [1.29, 1.82) is 0 Å². The van der Waals surface area contributed by atoms with Crippen LogP contribution < -0.4 is 0 Å². The Kier molecular flexibility index (Phi) is 3.12. The number of hydrogen-bond donors (Lipinski definition) is 1. The first-order chi connectivity index (χ1) is 8.11. The van der Waals surface area contributed by atoms with Gasteiger partial charge in [-0.15, -0.1) is 0 Å². The summed E-state index contributed by atoms with van der Waals surface area (Å²) in [6.07, 6.45) is 3.94.